The van der Waals surface area contributed by atoms with Gasteiger partial charge in [-0.05, 0) is 38.0 Å². The van der Waals surface area contributed by atoms with Crippen molar-refractivity contribution in [3.05, 3.63) is 35.1 Å². The van der Waals surface area contributed by atoms with E-state index in [2.05, 4.69) is 10.6 Å². The number of fused-ring (bicyclic) bond motifs is 1. The molecule has 2 aromatic rings. The molecule has 0 saturated heterocycles. The molecule has 8 heteroatoms. The molecule has 27 heavy (non-hydrogen) atoms. The maximum atomic E-state index is 12.1. The summed E-state index contributed by atoms with van der Waals surface area (Å²) in [7, 11) is 1.54. The maximum absolute atomic E-state index is 12.1. The normalized spacial score (nSPS) is 11.3. The van der Waals surface area contributed by atoms with Crippen molar-refractivity contribution >= 4 is 34.3 Å². The number of nitrogens with one attached hydrogen (secondary N) is 2. The van der Waals surface area contributed by atoms with E-state index in [4.69, 9.17) is 14.3 Å². The Labute approximate surface area is 156 Å². The number of furan rings is 1. The number of hydrogen-bond acceptors (Lipinski definition) is 5. The van der Waals surface area contributed by atoms with Crippen LogP contribution in [-0.4, -0.2) is 43.1 Å². The zero-order valence-corrected chi connectivity index (χ0v) is 15.6. The molecule has 2 rings (SSSR count). The van der Waals surface area contributed by atoms with Crippen molar-refractivity contribution < 1.29 is 28.6 Å². The lowest BCUT2D eigenvalue weighted by Gasteiger charge is -2.10. The van der Waals surface area contributed by atoms with Gasteiger partial charge in [0, 0.05) is 23.1 Å². The molecule has 144 valence electrons. The van der Waals surface area contributed by atoms with Gasteiger partial charge in [-0.3, -0.25) is 14.4 Å². The SMILES string of the molecule is COc1cc2oc(C)c(C)c2cc1/C(C)=C/C(=O)NCC(=O)NCC(=O)O. The largest absolute Gasteiger partial charge is 0.496 e. The van der Waals surface area contributed by atoms with Gasteiger partial charge in [0.15, 0.2) is 0 Å². The number of methoxy groups -OCH3 is 1. The van der Waals surface area contributed by atoms with Crippen LogP contribution < -0.4 is 15.4 Å². The van der Waals surface area contributed by atoms with Gasteiger partial charge in [0.05, 0.1) is 13.7 Å². The summed E-state index contributed by atoms with van der Waals surface area (Å²) < 4.78 is 11.1. The first kappa shape index (κ1) is 20.0. The average Bonchev–Trinajstić information content (AvgIpc) is 2.90. The minimum Gasteiger partial charge on any atom is -0.496 e. The molecule has 0 spiro atoms. The highest BCUT2D eigenvalue weighted by Gasteiger charge is 2.14. The van der Waals surface area contributed by atoms with Gasteiger partial charge < -0.3 is 24.9 Å². The zero-order chi connectivity index (χ0) is 20.1. The van der Waals surface area contributed by atoms with Crippen LogP contribution in [0.1, 0.15) is 23.8 Å². The van der Waals surface area contributed by atoms with Crippen molar-refractivity contribution in [1.29, 1.82) is 0 Å². The summed E-state index contributed by atoms with van der Waals surface area (Å²) in [5, 5.41) is 14.0. The predicted molar refractivity (Wildman–Crippen MR) is 99.5 cm³/mol. The number of ether oxygens (including phenoxy) is 1. The number of carbonyl (C=O) groups is 3. The molecule has 3 N–H and O–H groups in total. The van der Waals surface area contributed by atoms with Gasteiger partial charge in [0.1, 0.15) is 23.6 Å². The van der Waals surface area contributed by atoms with Gasteiger partial charge in [-0.25, -0.2) is 0 Å². The minimum atomic E-state index is -1.15. The maximum Gasteiger partial charge on any atom is 0.322 e. The highest BCUT2D eigenvalue weighted by molar-refractivity contribution is 5.99. The molecule has 0 fully saturated rings. The summed E-state index contributed by atoms with van der Waals surface area (Å²) in [5.41, 5.74) is 3.11. The quantitative estimate of drug-likeness (QED) is 0.636. The number of hydrogen-bond donors (Lipinski definition) is 3. The van der Waals surface area contributed by atoms with E-state index in [0.717, 1.165) is 22.3 Å². The third-order valence-corrected chi connectivity index (χ3v) is 4.13. The Kier molecular flexibility index (Phi) is 6.23. The number of benzene rings is 1. The van der Waals surface area contributed by atoms with E-state index >= 15 is 0 Å². The van der Waals surface area contributed by atoms with Gasteiger partial charge >= 0.3 is 5.97 Å². The van der Waals surface area contributed by atoms with Crippen molar-refractivity contribution in [1.82, 2.24) is 10.6 Å². The lowest BCUT2D eigenvalue weighted by molar-refractivity contribution is -0.137. The van der Waals surface area contributed by atoms with Crippen LogP contribution in [0, 0.1) is 13.8 Å². The van der Waals surface area contributed by atoms with Gasteiger partial charge in [0.2, 0.25) is 11.8 Å². The average molecular weight is 374 g/mol. The number of aliphatic carboxylic acids is 1. The Hall–Kier alpha value is -3.29. The van der Waals surface area contributed by atoms with E-state index in [-0.39, 0.29) is 6.54 Å². The van der Waals surface area contributed by atoms with Crippen molar-refractivity contribution in [2.75, 3.05) is 20.2 Å². The van der Waals surface area contributed by atoms with Crippen LogP contribution >= 0.6 is 0 Å². The van der Waals surface area contributed by atoms with Crippen LogP contribution in [0.15, 0.2) is 22.6 Å². The summed E-state index contributed by atoms with van der Waals surface area (Å²) in [6.45, 7) is 4.79. The van der Waals surface area contributed by atoms with Gasteiger partial charge in [-0.1, -0.05) is 0 Å². The second-order valence-electron chi connectivity index (χ2n) is 6.05. The van der Waals surface area contributed by atoms with Gasteiger partial charge in [-0.15, -0.1) is 0 Å². The third kappa shape index (κ3) is 4.87. The highest BCUT2D eigenvalue weighted by Crippen LogP contribution is 2.34. The molecule has 1 aromatic carbocycles. The molecule has 0 aliphatic carbocycles. The number of carbonyl (C=O) groups excluding carboxylic acids is 2. The van der Waals surface area contributed by atoms with Crippen LogP contribution in [0.3, 0.4) is 0 Å². The smallest absolute Gasteiger partial charge is 0.322 e. The molecule has 0 saturated carbocycles. The first-order valence-corrected chi connectivity index (χ1v) is 8.25. The summed E-state index contributed by atoms with van der Waals surface area (Å²) in [6, 6.07) is 3.68. The fourth-order valence-electron chi connectivity index (χ4n) is 2.58. The van der Waals surface area contributed by atoms with E-state index in [1.165, 1.54) is 13.2 Å². The molecule has 0 atom stereocenters. The lowest BCUT2D eigenvalue weighted by Crippen LogP contribution is -2.38. The van der Waals surface area contributed by atoms with Gasteiger partial charge in [0.25, 0.3) is 0 Å². The molecule has 8 nitrogen and oxygen atoms in total. The van der Waals surface area contributed by atoms with E-state index in [1.54, 1.807) is 13.0 Å². The Morgan fingerprint density at radius 3 is 2.52 bits per heavy atom. The lowest BCUT2D eigenvalue weighted by atomic mass is 10.0. The number of rotatable bonds is 7. The Morgan fingerprint density at radius 1 is 1.19 bits per heavy atom. The van der Waals surface area contributed by atoms with E-state index in [9.17, 15) is 14.4 Å². The molecule has 0 bridgehead atoms. The fraction of sp³-hybridized carbons (Fsp3) is 0.316. The Balaban J connectivity index is 2.16. The summed E-state index contributed by atoms with van der Waals surface area (Å²) in [5.74, 6) is -0.828. The monoisotopic (exact) mass is 374 g/mol. The summed E-state index contributed by atoms with van der Waals surface area (Å²) >= 11 is 0. The topological polar surface area (TPSA) is 118 Å². The zero-order valence-electron chi connectivity index (χ0n) is 15.6. The van der Waals surface area contributed by atoms with E-state index < -0.39 is 24.3 Å². The number of aryl methyl sites for hydroxylation is 2. The second-order valence-corrected chi connectivity index (χ2v) is 6.05. The molecule has 0 aliphatic rings. The Morgan fingerprint density at radius 2 is 1.89 bits per heavy atom. The molecule has 0 aliphatic heterocycles. The molecular formula is C19H22N2O6. The molecule has 1 heterocycles. The summed E-state index contributed by atoms with van der Waals surface area (Å²) in [4.78, 5) is 33.9. The first-order chi connectivity index (χ1) is 12.7. The Bertz CT molecular complexity index is 926. The highest BCUT2D eigenvalue weighted by atomic mass is 16.5. The number of carboxylic acid groups (broad SMARTS) is 1. The number of amides is 2. The molecular weight excluding hydrogens is 352 g/mol. The standard InChI is InChI=1S/C19H22N2O6/c1-10(5-17(22)20-8-18(23)21-9-19(24)25)13-6-14-11(2)12(3)27-16(14)7-15(13)26-4/h5-7H,8-9H2,1-4H3,(H,20,22)(H,21,23)(H,24,25)/b10-5+. The molecule has 2 amide bonds. The van der Waals surface area contributed by atoms with Crippen LogP contribution in [0.2, 0.25) is 0 Å². The number of carboxylic acids is 1. The predicted octanol–water partition coefficient (Wildman–Crippen LogP) is 1.78. The van der Waals surface area contributed by atoms with Crippen molar-refractivity contribution in [2.45, 2.75) is 20.8 Å². The number of allylic oxidation sites excluding steroid dienone is 1. The van der Waals surface area contributed by atoms with Crippen LogP contribution in [0.25, 0.3) is 16.5 Å². The van der Waals surface area contributed by atoms with Gasteiger partial charge in [-0.2, -0.15) is 0 Å². The molecule has 1 aromatic heterocycles. The summed E-state index contributed by atoms with van der Waals surface area (Å²) in [6.07, 6.45) is 1.36. The minimum absolute atomic E-state index is 0.313. The van der Waals surface area contributed by atoms with Crippen molar-refractivity contribution in [3.8, 4) is 5.75 Å². The van der Waals surface area contributed by atoms with Crippen LogP contribution in [0.4, 0.5) is 0 Å². The third-order valence-electron chi connectivity index (χ3n) is 4.13. The van der Waals surface area contributed by atoms with Crippen LogP contribution in [0.5, 0.6) is 5.75 Å². The molecule has 0 radical (unpaired) electrons. The van der Waals surface area contributed by atoms with E-state index in [1.807, 2.05) is 19.9 Å². The van der Waals surface area contributed by atoms with Crippen molar-refractivity contribution in [3.63, 3.8) is 0 Å². The molecule has 0 unspecified atom stereocenters. The van der Waals surface area contributed by atoms with Crippen molar-refractivity contribution in [2.24, 2.45) is 0 Å². The van der Waals surface area contributed by atoms with E-state index in [0.29, 0.717) is 16.9 Å². The fourth-order valence-corrected chi connectivity index (χ4v) is 2.58. The second kappa shape index (κ2) is 8.39. The first-order valence-electron chi connectivity index (χ1n) is 8.25. The van der Waals surface area contributed by atoms with Crippen LogP contribution in [-0.2, 0) is 14.4 Å².